The van der Waals surface area contributed by atoms with E-state index in [0.717, 1.165) is 24.4 Å². The lowest BCUT2D eigenvalue weighted by molar-refractivity contribution is 0.0120. The number of halogens is 2. The minimum Gasteiger partial charge on any atom is -0.494 e. The summed E-state index contributed by atoms with van der Waals surface area (Å²) < 4.78 is 34.1. The van der Waals surface area contributed by atoms with Gasteiger partial charge in [0.1, 0.15) is 5.75 Å². The Balaban J connectivity index is 1.28. The third kappa shape index (κ3) is 4.80. The van der Waals surface area contributed by atoms with Crippen molar-refractivity contribution >= 4 is 5.91 Å². The fraction of sp³-hybridized carbons (Fsp3) is 0.545. The van der Waals surface area contributed by atoms with Gasteiger partial charge < -0.3 is 14.5 Å². The molecular weight excluding hydrogens is 390 g/mol. The van der Waals surface area contributed by atoms with Crippen molar-refractivity contribution in [3.05, 3.63) is 42.2 Å². The van der Waals surface area contributed by atoms with Crippen LogP contribution in [0.4, 0.5) is 8.78 Å². The fourth-order valence-corrected chi connectivity index (χ4v) is 4.14. The van der Waals surface area contributed by atoms with Crippen molar-refractivity contribution in [2.75, 3.05) is 32.8 Å². The molecule has 0 saturated carbocycles. The summed E-state index contributed by atoms with van der Waals surface area (Å²) >= 11 is 0. The molecule has 0 aliphatic carbocycles. The summed E-state index contributed by atoms with van der Waals surface area (Å²) in [6.07, 6.45) is 6.27. The average molecular weight is 418 g/mol. The van der Waals surface area contributed by atoms with Gasteiger partial charge in [-0.25, -0.2) is 13.5 Å². The molecule has 0 unspecified atom stereocenters. The van der Waals surface area contributed by atoms with Crippen LogP contribution in [0.25, 0.3) is 5.69 Å². The normalized spacial score (nSPS) is 21.3. The zero-order chi connectivity index (χ0) is 21.1. The topological polar surface area (TPSA) is 50.6 Å². The van der Waals surface area contributed by atoms with Crippen molar-refractivity contribution < 1.29 is 18.3 Å². The second-order valence-electron chi connectivity index (χ2n) is 8.23. The molecule has 6 nitrogen and oxygen atoms in total. The number of carbonyl (C=O) groups excluding carboxylic acids is 1. The molecular formula is C22H28F2N4O2. The highest BCUT2D eigenvalue weighted by molar-refractivity contribution is 5.94. The van der Waals surface area contributed by atoms with Crippen LogP contribution in [0.3, 0.4) is 0 Å². The van der Waals surface area contributed by atoms with Crippen molar-refractivity contribution in [1.82, 2.24) is 19.6 Å². The minimum atomic E-state index is -2.80. The van der Waals surface area contributed by atoms with E-state index >= 15 is 0 Å². The number of likely N-dealkylation sites (tertiary alicyclic amines) is 2. The lowest BCUT2D eigenvalue weighted by atomic mass is 10.2. The van der Waals surface area contributed by atoms with Crippen LogP contribution >= 0.6 is 0 Å². The molecule has 3 heterocycles. The number of alkyl halides is 2. The van der Waals surface area contributed by atoms with Gasteiger partial charge in [0.2, 0.25) is 0 Å². The summed E-state index contributed by atoms with van der Waals surface area (Å²) in [5, 5.41) is 4.21. The minimum absolute atomic E-state index is 0.0692. The molecule has 1 atom stereocenters. The van der Waals surface area contributed by atoms with Crippen molar-refractivity contribution in [3.63, 3.8) is 0 Å². The number of hydrogen-bond acceptors (Lipinski definition) is 4. The largest absolute Gasteiger partial charge is 0.494 e. The molecule has 1 amide bonds. The van der Waals surface area contributed by atoms with Crippen LogP contribution in [0.2, 0.25) is 0 Å². The standard InChI is InChI=1S/C22H28F2N4O2/c1-17-4-2-10-26(17)11-3-13-30-20-7-5-19(6-8-20)28-15-18(14-25-28)21(29)27-12-9-22(23,24)16-27/h5-8,14-15,17H,2-4,9-13,16H2,1H3/t17-/m1/s1. The van der Waals surface area contributed by atoms with Gasteiger partial charge in [-0.05, 0) is 57.0 Å². The van der Waals surface area contributed by atoms with E-state index < -0.39 is 18.4 Å². The number of aromatic nitrogens is 2. The molecule has 4 rings (SSSR count). The van der Waals surface area contributed by atoms with Gasteiger partial charge in [0.05, 0.1) is 30.6 Å². The summed E-state index contributed by atoms with van der Waals surface area (Å²) in [4.78, 5) is 16.1. The highest BCUT2D eigenvalue weighted by atomic mass is 19.3. The van der Waals surface area contributed by atoms with E-state index in [1.807, 2.05) is 24.3 Å². The Labute approximate surface area is 175 Å². The van der Waals surface area contributed by atoms with Crippen molar-refractivity contribution in [2.24, 2.45) is 0 Å². The second kappa shape index (κ2) is 8.71. The van der Waals surface area contributed by atoms with E-state index in [1.54, 1.807) is 10.9 Å². The van der Waals surface area contributed by atoms with E-state index in [0.29, 0.717) is 18.2 Å². The predicted octanol–water partition coefficient (Wildman–Crippen LogP) is 3.61. The summed E-state index contributed by atoms with van der Waals surface area (Å²) in [6, 6.07) is 8.15. The molecule has 0 N–H and O–H groups in total. The molecule has 2 aliphatic rings. The van der Waals surface area contributed by atoms with Crippen LogP contribution in [0.5, 0.6) is 5.75 Å². The van der Waals surface area contributed by atoms with Crippen molar-refractivity contribution in [2.45, 2.75) is 44.6 Å². The molecule has 2 aliphatic heterocycles. The average Bonchev–Trinajstić information content (AvgIpc) is 3.45. The predicted molar refractivity (Wildman–Crippen MR) is 109 cm³/mol. The first kappa shape index (κ1) is 20.8. The molecule has 2 aromatic rings. The van der Waals surface area contributed by atoms with Gasteiger partial charge >= 0.3 is 0 Å². The first-order valence-electron chi connectivity index (χ1n) is 10.6. The lowest BCUT2D eigenvalue weighted by Gasteiger charge is -2.20. The lowest BCUT2D eigenvalue weighted by Crippen LogP contribution is -2.31. The Bertz CT molecular complexity index is 868. The maximum Gasteiger partial charge on any atom is 0.267 e. The van der Waals surface area contributed by atoms with Gasteiger partial charge in [0.25, 0.3) is 11.8 Å². The number of ether oxygens (including phenoxy) is 1. The highest BCUT2D eigenvalue weighted by Crippen LogP contribution is 2.28. The van der Waals surface area contributed by atoms with E-state index in [2.05, 4.69) is 16.9 Å². The molecule has 1 aromatic carbocycles. The highest BCUT2D eigenvalue weighted by Gasteiger charge is 2.40. The van der Waals surface area contributed by atoms with Crippen LogP contribution in [-0.2, 0) is 0 Å². The Kier molecular flexibility index (Phi) is 6.04. The molecule has 30 heavy (non-hydrogen) atoms. The Morgan fingerprint density at radius 1 is 1.27 bits per heavy atom. The Hall–Kier alpha value is -2.48. The Morgan fingerprint density at radius 3 is 2.73 bits per heavy atom. The molecule has 0 radical (unpaired) electrons. The second-order valence-corrected chi connectivity index (χ2v) is 8.23. The van der Waals surface area contributed by atoms with Gasteiger partial charge in [-0.1, -0.05) is 0 Å². The van der Waals surface area contributed by atoms with Gasteiger partial charge in [0.15, 0.2) is 0 Å². The number of hydrogen-bond donors (Lipinski definition) is 0. The van der Waals surface area contributed by atoms with Crippen LogP contribution in [0.1, 0.15) is 43.0 Å². The smallest absolute Gasteiger partial charge is 0.267 e. The number of carbonyl (C=O) groups is 1. The van der Waals surface area contributed by atoms with Gasteiger partial charge in [-0.15, -0.1) is 0 Å². The number of benzene rings is 1. The van der Waals surface area contributed by atoms with Crippen LogP contribution < -0.4 is 4.74 Å². The first-order chi connectivity index (χ1) is 14.4. The SMILES string of the molecule is C[C@@H]1CCCN1CCCOc1ccc(-n2cc(C(=O)N3CCC(F)(F)C3)cn2)cc1. The van der Waals surface area contributed by atoms with Crippen LogP contribution in [0, 0.1) is 0 Å². The molecule has 2 fully saturated rings. The van der Waals surface area contributed by atoms with Gasteiger partial charge in [0, 0.05) is 31.7 Å². The molecule has 1 aromatic heterocycles. The summed E-state index contributed by atoms with van der Waals surface area (Å²) in [6.45, 7) is 4.74. The molecule has 8 heteroatoms. The molecule has 0 bridgehead atoms. The monoisotopic (exact) mass is 418 g/mol. The molecule has 0 spiro atoms. The van der Waals surface area contributed by atoms with E-state index in [1.165, 1.54) is 30.5 Å². The van der Waals surface area contributed by atoms with Gasteiger partial charge in [-0.3, -0.25) is 4.79 Å². The third-order valence-electron chi connectivity index (χ3n) is 5.94. The quantitative estimate of drug-likeness (QED) is 0.645. The molecule has 2 saturated heterocycles. The summed E-state index contributed by atoms with van der Waals surface area (Å²) in [7, 11) is 0. The van der Waals surface area contributed by atoms with E-state index in [9.17, 15) is 13.6 Å². The third-order valence-corrected chi connectivity index (χ3v) is 5.94. The summed E-state index contributed by atoms with van der Waals surface area (Å²) in [5.41, 5.74) is 1.09. The fourth-order valence-electron chi connectivity index (χ4n) is 4.14. The Morgan fingerprint density at radius 2 is 2.07 bits per heavy atom. The van der Waals surface area contributed by atoms with Crippen molar-refractivity contribution in [3.8, 4) is 11.4 Å². The maximum atomic E-state index is 13.4. The van der Waals surface area contributed by atoms with Crippen LogP contribution in [0.15, 0.2) is 36.7 Å². The van der Waals surface area contributed by atoms with Crippen LogP contribution in [-0.4, -0.2) is 70.2 Å². The first-order valence-corrected chi connectivity index (χ1v) is 10.6. The van der Waals surface area contributed by atoms with E-state index in [4.69, 9.17) is 4.74 Å². The van der Waals surface area contributed by atoms with E-state index in [-0.39, 0.29) is 13.0 Å². The van der Waals surface area contributed by atoms with Gasteiger partial charge in [-0.2, -0.15) is 5.10 Å². The zero-order valence-electron chi connectivity index (χ0n) is 17.3. The van der Waals surface area contributed by atoms with Crippen molar-refractivity contribution in [1.29, 1.82) is 0 Å². The number of rotatable bonds is 7. The summed E-state index contributed by atoms with van der Waals surface area (Å²) in [5.74, 6) is -2.42. The molecule has 162 valence electrons. The zero-order valence-corrected chi connectivity index (χ0v) is 17.3. The maximum absolute atomic E-state index is 13.4. The number of nitrogens with zero attached hydrogens (tertiary/aromatic N) is 4. The number of amides is 1.